The van der Waals surface area contributed by atoms with Gasteiger partial charge in [0.05, 0.1) is 10.6 Å². The lowest BCUT2D eigenvalue weighted by molar-refractivity contribution is -0.141. The quantitative estimate of drug-likeness (QED) is 0.825. The highest BCUT2D eigenvalue weighted by molar-refractivity contribution is 7.14. The normalized spacial score (nSPS) is 13.3. The van der Waals surface area contributed by atoms with Crippen LogP contribution in [-0.4, -0.2) is 15.7 Å². The number of carbonyl (C=O) groups excluding carboxylic acids is 1. The summed E-state index contributed by atoms with van der Waals surface area (Å²) in [6, 6.07) is 1.90. The lowest BCUT2D eigenvalue weighted by Gasteiger charge is -2.15. The average molecular weight is 359 g/mol. The van der Waals surface area contributed by atoms with Crippen LogP contribution in [0.1, 0.15) is 54.7 Å². The maximum Gasteiger partial charge on any atom is 0.435 e. The summed E-state index contributed by atoms with van der Waals surface area (Å²) in [5.41, 5.74) is -0.698. The number of nitrogens with one attached hydrogen (secondary N) is 1. The van der Waals surface area contributed by atoms with E-state index in [0.717, 1.165) is 22.9 Å². The first kappa shape index (κ1) is 18.5. The Morgan fingerprint density at radius 1 is 1.38 bits per heavy atom. The Labute approximate surface area is 142 Å². The number of hydrogen-bond donors (Lipinski definition) is 1. The van der Waals surface area contributed by atoms with Crippen LogP contribution < -0.4 is 5.32 Å². The second-order valence-electron chi connectivity index (χ2n) is 6.25. The number of thiophene rings is 1. The van der Waals surface area contributed by atoms with E-state index in [1.807, 2.05) is 18.4 Å². The molecule has 24 heavy (non-hydrogen) atoms. The molecule has 0 aliphatic carbocycles. The molecule has 1 N–H and O–H groups in total. The molecule has 0 saturated carbocycles. The van der Waals surface area contributed by atoms with Gasteiger partial charge in [-0.05, 0) is 35.3 Å². The van der Waals surface area contributed by atoms with Crippen molar-refractivity contribution < 1.29 is 18.0 Å². The number of aromatic nitrogens is 2. The maximum atomic E-state index is 13.0. The fraction of sp³-hybridized carbons (Fsp3) is 0.500. The van der Waals surface area contributed by atoms with E-state index in [2.05, 4.69) is 24.3 Å². The minimum Gasteiger partial charge on any atom is -0.313 e. The molecule has 1 atom stereocenters. The first-order valence-electron chi connectivity index (χ1n) is 7.59. The molecule has 8 heteroatoms. The van der Waals surface area contributed by atoms with Crippen molar-refractivity contribution in [2.75, 3.05) is 5.32 Å². The van der Waals surface area contributed by atoms with E-state index in [0.29, 0.717) is 10.9 Å². The van der Waals surface area contributed by atoms with Crippen molar-refractivity contribution >= 4 is 22.2 Å². The van der Waals surface area contributed by atoms with Crippen molar-refractivity contribution in [1.82, 2.24) is 9.78 Å². The van der Waals surface area contributed by atoms with Gasteiger partial charge in [-0.1, -0.05) is 20.8 Å². The minimum absolute atomic E-state index is 0.211. The lowest BCUT2D eigenvalue weighted by Crippen LogP contribution is -2.18. The van der Waals surface area contributed by atoms with Gasteiger partial charge >= 0.3 is 6.18 Å². The van der Waals surface area contributed by atoms with Crippen LogP contribution in [0.3, 0.4) is 0 Å². The van der Waals surface area contributed by atoms with Gasteiger partial charge < -0.3 is 5.32 Å². The van der Waals surface area contributed by atoms with Crippen LogP contribution in [0.4, 0.5) is 18.2 Å². The number of amides is 1. The van der Waals surface area contributed by atoms with Crippen molar-refractivity contribution in [3.8, 4) is 0 Å². The fourth-order valence-electron chi connectivity index (χ4n) is 2.68. The Balaban J connectivity index is 2.25. The summed E-state index contributed by atoms with van der Waals surface area (Å²) in [4.78, 5) is 12.3. The number of halogens is 3. The van der Waals surface area contributed by atoms with Gasteiger partial charge in [-0.25, -0.2) is 0 Å². The molecular weight excluding hydrogens is 339 g/mol. The number of anilines is 1. The van der Waals surface area contributed by atoms with Crippen molar-refractivity contribution in [1.29, 1.82) is 0 Å². The molecule has 1 unspecified atom stereocenters. The zero-order valence-corrected chi connectivity index (χ0v) is 14.8. The maximum absolute atomic E-state index is 13.0. The van der Waals surface area contributed by atoms with Gasteiger partial charge in [0.25, 0.3) is 5.91 Å². The van der Waals surface area contributed by atoms with Crippen LogP contribution in [0, 0.1) is 5.92 Å². The van der Waals surface area contributed by atoms with E-state index in [4.69, 9.17) is 0 Å². The zero-order valence-electron chi connectivity index (χ0n) is 13.9. The highest BCUT2D eigenvalue weighted by atomic mass is 32.1. The average Bonchev–Trinajstić information content (AvgIpc) is 3.03. The highest BCUT2D eigenvalue weighted by Gasteiger charge is 2.39. The first-order valence-corrected chi connectivity index (χ1v) is 8.47. The molecule has 2 aromatic rings. The molecule has 0 radical (unpaired) electrons. The van der Waals surface area contributed by atoms with E-state index in [-0.39, 0.29) is 5.92 Å². The SMILES string of the molecule is CC(C)CC(C)c1ccsc1NC(=O)c1cn(C)nc1C(F)(F)F. The minimum atomic E-state index is -4.67. The second-order valence-corrected chi connectivity index (χ2v) is 7.17. The predicted octanol–water partition coefficient (Wildman–Crippen LogP) is 4.90. The largest absolute Gasteiger partial charge is 0.435 e. The number of hydrogen-bond acceptors (Lipinski definition) is 3. The third-order valence-electron chi connectivity index (χ3n) is 3.62. The van der Waals surface area contributed by atoms with E-state index in [1.165, 1.54) is 18.4 Å². The summed E-state index contributed by atoms with van der Waals surface area (Å²) in [6.07, 6.45) is -2.65. The Hall–Kier alpha value is -1.83. The number of alkyl halides is 3. The van der Waals surface area contributed by atoms with Gasteiger partial charge in [-0.2, -0.15) is 18.3 Å². The lowest BCUT2D eigenvalue weighted by atomic mass is 9.93. The molecule has 4 nitrogen and oxygen atoms in total. The number of nitrogens with zero attached hydrogens (tertiary/aromatic N) is 2. The van der Waals surface area contributed by atoms with Crippen molar-refractivity contribution in [3.05, 3.63) is 34.5 Å². The Kier molecular flexibility index (Phi) is 5.37. The van der Waals surface area contributed by atoms with Crippen LogP contribution in [0.2, 0.25) is 0 Å². The van der Waals surface area contributed by atoms with Crippen LogP contribution >= 0.6 is 11.3 Å². The number of carbonyl (C=O) groups is 1. The topological polar surface area (TPSA) is 46.9 Å². The molecule has 0 spiro atoms. The molecule has 2 aromatic heterocycles. The molecular formula is C16H20F3N3OS. The van der Waals surface area contributed by atoms with E-state index in [9.17, 15) is 18.0 Å². The van der Waals surface area contributed by atoms with Gasteiger partial charge in [0.2, 0.25) is 0 Å². The Morgan fingerprint density at radius 3 is 2.62 bits per heavy atom. The van der Waals surface area contributed by atoms with Gasteiger partial charge in [-0.3, -0.25) is 9.48 Å². The summed E-state index contributed by atoms with van der Waals surface area (Å²) in [6.45, 7) is 6.25. The second kappa shape index (κ2) is 6.96. The molecule has 0 aliphatic heterocycles. The van der Waals surface area contributed by atoms with Crippen molar-refractivity contribution in [2.45, 2.75) is 39.3 Å². The molecule has 0 aromatic carbocycles. The zero-order chi connectivity index (χ0) is 18.1. The third-order valence-corrected chi connectivity index (χ3v) is 4.47. The summed E-state index contributed by atoms with van der Waals surface area (Å²) in [7, 11) is 1.35. The molecule has 132 valence electrons. The predicted molar refractivity (Wildman–Crippen MR) is 88.4 cm³/mol. The van der Waals surface area contributed by atoms with E-state index < -0.39 is 23.3 Å². The van der Waals surface area contributed by atoms with Crippen molar-refractivity contribution in [2.24, 2.45) is 13.0 Å². The third kappa shape index (κ3) is 4.17. The van der Waals surface area contributed by atoms with Crippen LogP contribution in [0.15, 0.2) is 17.6 Å². The molecule has 0 aliphatic rings. The number of aryl methyl sites for hydroxylation is 1. The van der Waals surface area contributed by atoms with Gasteiger partial charge in [0.15, 0.2) is 5.69 Å². The monoisotopic (exact) mass is 359 g/mol. The van der Waals surface area contributed by atoms with Gasteiger partial charge in [0, 0.05) is 13.2 Å². The summed E-state index contributed by atoms with van der Waals surface area (Å²) in [5.74, 6) is -0.1000. The Bertz CT molecular complexity index is 718. The molecule has 0 fully saturated rings. The molecule has 2 heterocycles. The van der Waals surface area contributed by atoms with Crippen LogP contribution in [-0.2, 0) is 13.2 Å². The smallest absolute Gasteiger partial charge is 0.313 e. The van der Waals surface area contributed by atoms with Crippen molar-refractivity contribution in [3.63, 3.8) is 0 Å². The van der Waals surface area contributed by atoms with E-state index in [1.54, 1.807) is 0 Å². The molecule has 0 saturated heterocycles. The molecule has 0 bridgehead atoms. The standard InChI is InChI=1S/C16H20F3N3OS/c1-9(2)7-10(3)11-5-6-24-15(11)20-14(23)12-8-22(4)21-13(12)16(17,18)19/h5-6,8-10H,7H2,1-4H3,(H,20,23). The van der Waals surface area contributed by atoms with E-state index >= 15 is 0 Å². The summed E-state index contributed by atoms with van der Waals surface area (Å²) < 4.78 is 40.0. The van der Waals surface area contributed by atoms with Crippen LogP contribution in [0.25, 0.3) is 0 Å². The summed E-state index contributed by atoms with van der Waals surface area (Å²) in [5, 5.41) is 8.39. The summed E-state index contributed by atoms with van der Waals surface area (Å²) >= 11 is 1.31. The molecule has 2 rings (SSSR count). The highest BCUT2D eigenvalue weighted by Crippen LogP contribution is 2.35. The fourth-order valence-corrected chi connectivity index (χ4v) is 3.58. The Morgan fingerprint density at radius 2 is 2.04 bits per heavy atom. The van der Waals surface area contributed by atoms with Gasteiger partial charge in [-0.15, -0.1) is 11.3 Å². The van der Waals surface area contributed by atoms with Crippen LogP contribution in [0.5, 0.6) is 0 Å². The number of rotatable bonds is 5. The molecule has 1 amide bonds. The van der Waals surface area contributed by atoms with Gasteiger partial charge in [0.1, 0.15) is 0 Å². The first-order chi connectivity index (χ1) is 11.1.